The van der Waals surface area contributed by atoms with Crippen molar-refractivity contribution in [1.82, 2.24) is 9.78 Å². The molecule has 15 heavy (non-hydrogen) atoms. The van der Waals surface area contributed by atoms with Gasteiger partial charge in [-0.1, -0.05) is 5.11 Å². The van der Waals surface area contributed by atoms with E-state index in [0.717, 1.165) is 4.68 Å². The van der Waals surface area contributed by atoms with E-state index in [2.05, 4.69) is 15.1 Å². The van der Waals surface area contributed by atoms with Crippen LogP contribution in [0.5, 0.6) is 0 Å². The molecule has 0 aliphatic rings. The van der Waals surface area contributed by atoms with E-state index in [0.29, 0.717) is 0 Å². The highest BCUT2D eigenvalue weighted by molar-refractivity contribution is 5.20. The summed E-state index contributed by atoms with van der Waals surface area (Å²) in [6, 6.07) is 0. The van der Waals surface area contributed by atoms with Gasteiger partial charge in [0.05, 0.1) is 0 Å². The number of aromatic nitrogens is 2. The standard InChI is InChI=1S/C7H8F3N5/c1-15-4-5(2-3-12-14-11)6(13-15)7(8,9)10/h4H,2-3H2,1H3. The molecule has 0 saturated heterocycles. The van der Waals surface area contributed by atoms with Crippen LogP contribution >= 0.6 is 0 Å². The molecule has 5 nitrogen and oxygen atoms in total. The predicted octanol–water partition coefficient (Wildman–Crippen LogP) is 2.29. The molecule has 1 aromatic heterocycles. The third-order valence-corrected chi connectivity index (χ3v) is 1.72. The van der Waals surface area contributed by atoms with Gasteiger partial charge in [0.2, 0.25) is 0 Å². The van der Waals surface area contributed by atoms with Crippen LogP contribution in [0.1, 0.15) is 11.3 Å². The van der Waals surface area contributed by atoms with E-state index in [-0.39, 0.29) is 18.5 Å². The summed E-state index contributed by atoms with van der Waals surface area (Å²) in [6.45, 7) is -0.00866. The smallest absolute Gasteiger partial charge is 0.275 e. The van der Waals surface area contributed by atoms with Crippen LogP contribution in [0.25, 0.3) is 10.4 Å². The normalized spacial score (nSPS) is 11.2. The Hall–Kier alpha value is -1.69. The Morgan fingerprint density at radius 3 is 2.80 bits per heavy atom. The molecule has 0 amide bonds. The zero-order valence-electron chi connectivity index (χ0n) is 7.86. The fourth-order valence-electron chi connectivity index (χ4n) is 1.17. The summed E-state index contributed by atoms with van der Waals surface area (Å²) < 4.78 is 38.3. The molecule has 8 heteroatoms. The van der Waals surface area contributed by atoms with Crippen LogP contribution in [0.2, 0.25) is 0 Å². The van der Waals surface area contributed by atoms with Gasteiger partial charge >= 0.3 is 6.18 Å². The molecule has 0 aromatic carbocycles. The van der Waals surface area contributed by atoms with Gasteiger partial charge in [-0.3, -0.25) is 4.68 Å². The Balaban J connectivity index is 2.91. The Morgan fingerprint density at radius 1 is 1.60 bits per heavy atom. The molecule has 1 heterocycles. The fourth-order valence-corrected chi connectivity index (χ4v) is 1.17. The second-order valence-corrected chi connectivity index (χ2v) is 2.88. The van der Waals surface area contributed by atoms with E-state index >= 15 is 0 Å². The molecule has 0 bridgehead atoms. The summed E-state index contributed by atoms with van der Waals surface area (Å²) in [5, 5.41) is 6.49. The van der Waals surface area contributed by atoms with Crippen molar-refractivity contribution in [3.63, 3.8) is 0 Å². The first-order chi connectivity index (χ1) is 6.95. The van der Waals surface area contributed by atoms with E-state index < -0.39 is 11.9 Å². The van der Waals surface area contributed by atoms with Crippen LogP contribution in [0.4, 0.5) is 13.2 Å². The van der Waals surface area contributed by atoms with Crippen molar-refractivity contribution in [1.29, 1.82) is 0 Å². The van der Waals surface area contributed by atoms with Gasteiger partial charge < -0.3 is 0 Å². The van der Waals surface area contributed by atoms with Crippen LogP contribution in [-0.4, -0.2) is 16.3 Å². The predicted molar refractivity (Wildman–Crippen MR) is 45.9 cm³/mol. The number of nitrogens with zero attached hydrogens (tertiary/aromatic N) is 5. The van der Waals surface area contributed by atoms with Crippen LogP contribution < -0.4 is 0 Å². The maximum atomic E-state index is 12.4. The Kier molecular flexibility index (Phi) is 3.21. The second-order valence-electron chi connectivity index (χ2n) is 2.88. The first-order valence-electron chi connectivity index (χ1n) is 4.05. The lowest BCUT2D eigenvalue weighted by Crippen LogP contribution is -2.10. The first kappa shape index (κ1) is 11.4. The molecule has 1 rings (SSSR count). The lowest BCUT2D eigenvalue weighted by atomic mass is 10.2. The molecule has 0 radical (unpaired) electrons. The molecular formula is C7H8F3N5. The second kappa shape index (κ2) is 4.22. The Bertz CT molecular complexity index is 388. The van der Waals surface area contributed by atoms with Crippen molar-refractivity contribution in [2.45, 2.75) is 12.6 Å². The molecule has 0 unspecified atom stereocenters. The van der Waals surface area contributed by atoms with E-state index in [1.165, 1.54) is 13.2 Å². The zero-order chi connectivity index (χ0) is 11.5. The minimum atomic E-state index is -4.47. The summed E-state index contributed by atoms with van der Waals surface area (Å²) in [5.74, 6) is 0. The summed E-state index contributed by atoms with van der Waals surface area (Å²) >= 11 is 0. The SMILES string of the molecule is Cn1cc(CCN=[N+]=[N-])c(C(F)(F)F)n1. The quantitative estimate of drug-likeness (QED) is 0.437. The van der Waals surface area contributed by atoms with Crippen LogP contribution in [0.3, 0.4) is 0 Å². The van der Waals surface area contributed by atoms with E-state index in [4.69, 9.17) is 5.53 Å². The van der Waals surface area contributed by atoms with Crippen molar-refractivity contribution >= 4 is 0 Å². The number of halogens is 3. The van der Waals surface area contributed by atoms with Gasteiger partial charge in [-0.2, -0.15) is 18.3 Å². The summed E-state index contributed by atoms with van der Waals surface area (Å²) in [6.07, 6.45) is -3.16. The van der Waals surface area contributed by atoms with Crippen LogP contribution in [0.15, 0.2) is 11.3 Å². The van der Waals surface area contributed by atoms with E-state index in [1.807, 2.05) is 0 Å². The van der Waals surface area contributed by atoms with Crippen molar-refractivity contribution < 1.29 is 13.2 Å². The minimum Gasteiger partial charge on any atom is -0.275 e. The van der Waals surface area contributed by atoms with Crippen LogP contribution in [-0.2, 0) is 19.6 Å². The summed E-state index contributed by atoms with van der Waals surface area (Å²) in [7, 11) is 1.41. The van der Waals surface area contributed by atoms with Gasteiger partial charge in [0, 0.05) is 30.3 Å². The van der Waals surface area contributed by atoms with Crippen molar-refractivity contribution in [2.24, 2.45) is 12.2 Å². The molecule has 0 saturated carbocycles. The van der Waals surface area contributed by atoms with Crippen LogP contribution in [0, 0.1) is 0 Å². The molecule has 1 aromatic rings. The average Bonchev–Trinajstić information content (AvgIpc) is 2.47. The molecule has 0 spiro atoms. The number of hydrogen-bond acceptors (Lipinski definition) is 2. The Morgan fingerprint density at radius 2 is 2.27 bits per heavy atom. The van der Waals surface area contributed by atoms with Gasteiger partial charge in [-0.15, -0.1) is 0 Å². The number of rotatable bonds is 3. The fraction of sp³-hybridized carbons (Fsp3) is 0.571. The van der Waals surface area contributed by atoms with Gasteiger partial charge in [-0.05, 0) is 12.0 Å². The Labute approximate surface area is 83.1 Å². The van der Waals surface area contributed by atoms with Gasteiger partial charge in [0.25, 0.3) is 0 Å². The largest absolute Gasteiger partial charge is 0.435 e. The van der Waals surface area contributed by atoms with Crippen molar-refractivity contribution in [2.75, 3.05) is 6.54 Å². The topological polar surface area (TPSA) is 66.6 Å². The molecule has 0 aliphatic carbocycles. The third-order valence-electron chi connectivity index (χ3n) is 1.72. The number of hydrogen-bond donors (Lipinski definition) is 0. The zero-order valence-corrected chi connectivity index (χ0v) is 7.86. The van der Waals surface area contributed by atoms with E-state index in [9.17, 15) is 13.2 Å². The van der Waals surface area contributed by atoms with Gasteiger partial charge in [0.15, 0.2) is 5.69 Å². The number of alkyl halides is 3. The molecule has 0 N–H and O–H groups in total. The molecule has 0 fully saturated rings. The maximum Gasteiger partial charge on any atom is 0.435 e. The minimum absolute atomic E-state index is 0.00866. The van der Waals surface area contributed by atoms with Gasteiger partial charge in [-0.25, -0.2) is 0 Å². The summed E-state index contributed by atoms with van der Waals surface area (Å²) in [4.78, 5) is 2.47. The molecular weight excluding hydrogens is 211 g/mol. The van der Waals surface area contributed by atoms with Crippen molar-refractivity contribution in [3.05, 3.63) is 27.9 Å². The molecule has 0 atom stereocenters. The lowest BCUT2D eigenvalue weighted by Gasteiger charge is -2.04. The highest BCUT2D eigenvalue weighted by Crippen LogP contribution is 2.30. The average molecular weight is 219 g/mol. The van der Waals surface area contributed by atoms with E-state index in [1.54, 1.807) is 0 Å². The number of azide groups is 1. The summed E-state index contributed by atoms with van der Waals surface area (Å²) in [5.41, 5.74) is 7.11. The monoisotopic (exact) mass is 219 g/mol. The third kappa shape index (κ3) is 2.88. The maximum absolute atomic E-state index is 12.4. The highest BCUT2D eigenvalue weighted by Gasteiger charge is 2.36. The lowest BCUT2D eigenvalue weighted by molar-refractivity contribution is -0.142. The molecule has 82 valence electrons. The number of aryl methyl sites for hydroxylation is 1. The van der Waals surface area contributed by atoms with Gasteiger partial charge in [0.1, 0.15) is 0 Å². The highest BCUT2D eigenvalue weighted by atomic mass is 19.4. The van der Waals surface area contributed by atoms with Crippen molar-refractivity contribution in [3.8, 4) is 0 Å². The molecule has 0 aliphatic heterocycles. The first-order valence-corrected chi connectivity index (χ1v) is 4.05.